The van der Waals surface area contributed by atoms with E-state index in [4.69, 9.17) is 19.3 Å². The molecule has 1 N–H and O–H groups in total. The monoisotopic (exact) mass is 334 g/mol. The topological polar surface area (TPSA) is 65.0 Å². The highest BCUT2D eigenvalue weighted by Crippen LogP contribution is 2.43. The molecule has 2 bridgehead atoms. The highest BCUT2D eigenvalue weighted by Gasteiger charge is 2.49. The summed E-state index contributed by atoms with van der Waals surface area (Å²) in [5, 5.41) is 8.63. The molecule has 5 heteroatoms. The van der Waals surface area contributed by atoms with Gasteiger partial charge in [-0.15, -0.1) is 0 Å². The van der Waals surface area contributed by atoms with Gasteiger partial charge in [0.05, 0.1) is 25.4 Å². The van der Waals surface area contributed by atoms with Crippen molar-refractivity contribution >= 4 is 5.97 Å². The minimum Gasteiger partial charge on any atom is -0.493 e. The molecule has 4 atom stereocenters. The van der Waals surface area contributed by atoms with Gasteiger partial charge in [0.15, 0.2) is 0 Å². The summed E-state index contributed by atoms with van der Waals surface area (Å²) in [4.78, 5) is 10.5. The third-order valence-electron chi connectivity index (χ3n) is 5.02. The zero-order chi connectivity index (χ0) is 16.8. The van der Waals surface area contributed by atoms with Crippen LogP contribution in [0.15, 0.2) is 30.3 Å². The van der Waals surface area contributed by atoms with E-state index in [1.165, 1.54) is 0 Å². The van der Waals surface area contributed by atoms with Gasteiger partial charge in [-0.3, -0.25) is 4.79 Å². The first-order valence-corrected chi connectivity index (χ1v) is 8.87. The van der Waals surface area contributed by atoms with Gasteiger partial charge in [-0.1, -0.05) is 18.2 Å². The lowest BCUT2D eigenvalue weighted by atomic mass is 9.80. The minimum absolute atomic E-state index is 0.216. The fourth-order valence-corrected chi connectivity index (χ4v) is 3.74. The van der Waals surface area contributed by atoms with Gasteiger partial charge in [-0.05, 0) is 37.8 Å². The molecule has 0 unspecified atom stereocenters. The Kier molecular flexibility index (Phi) is 6.10. The number of para-hydroxylation sites is 1. The predicted molar refractivity (Wildman–Crippen MR) is 89.1 cm³/mol. The molecule has 2 heterocycles. The Labute approximate surface area is 142 Å². The van der Waals surface area contributed by atoms with Crippen LogP contribution in [0.4, 0.5) is 0 Å². The molecule has 2 saturated heterocycles. The molecule has 132 valence electrons. The lowest BCUT2D eigenvalue weighted by Crippen LogP contribution is -2.34. The van der Waals surface area contributed by atoms with E-state index in [1.54, 1.807) is 0 Å². The van der Waals surface area contributed by atoms with E-state index >= 15 is 0 Å². The summed E-state index contributed by atoms with van der Waals surface area (Å²) in [6.45, 7) is 1.96. The Morgan fingerprint density at radius 1 is 1.08 bits per heavy atom. The summed E-state index contributed by atoms with van der Waals surface area (Å²) in [5.41, 5.74) is 0. The first kappa shape index (κ1) is 17.2. The van der Waals surface area contributed by atoms with E-state index in [0.29, 0.717) is 50.3 Å². The van der Waals surface area contributed by atoms with E-state index in [9.17, 15) is 4.79 Å². The molecule has 0 saturated carbocycles. The Morgan fingerprint density at radius 2 is 1.79 bits per heavy atom. The minimum atomic E-state index is -0.741. The second-order valence-electron chi connectivity index (χ2n) is 6.67. The van der Waals surface area contributed by atoms with Crippen molar-refractivity contribution in [2.75, 3.05) is 19.8 Å². The van der Waals surface area contributed by atoms with Crippen molar-refractivity contribution in [2.24, 2.45) is 11.8 Å². The second-order valence-corrected chi connectivity index (χ2v) is 6.67. The fourth-order valence-electron chi connectivity index (χ4n) is 3.74. The first-order valence-electron chi connectivity index (χ1n) is 8.87. The quantitative estimate of drug-likeness (QED) is 0.666. The number of benzene rings is 1. The summed E-state index contributed by atoms with van der Waals surface area (Å²) in [5.74, 6) is 0.915. The first-order chi connectivity index (χ1) is 11.7. The molecule has 1 aromatic carbocycles. The second kappa shape index (κ2) is 8.49. The number of aliphatic carboxylic acids is 1. The number of unbranched alkanes of at least 4 members (excludes halogenated alkanes) is 1. The van der Waals surface area contributed by atoms with Crippen LogP contribution in [0.5, 0.6) is 5.75 Å². The van der Waals surface area contributed by atoms with Crippen LogP contribution >= 0.6 is 0 Å². The van der Waals surface area contributed by atoms with Gasteiger partial charge in [0, 0.05) is 24.9 Å². The van der Waals surface area contributed by atoms with E-state index in [2.05, 4.69) is 0 Å². The highest BCUT2D eigenvalue weighted by atomic mass is 16.5. The fraction of sp³-hybridized carbons (Fsp3) is 0.632. The number of hydrogen-bond acceptors (Lipinski definition) is 4. The zero-order valence-corrected chi connectivity index (χ0v) is 13.9. The average molecular weight is 334 g/mol. The number of carbonyl (C=O) groups is 1. The SMILES string of the molecule is O=C(O)CCCCOC[C@H]1[C@@H](COc2ccccc2)[C@H]2CC[C@@H]1O2. The highest BCUT2D eigenvalue weighted by molar-refractivity contribution is 5.66. The van der Waals surface area contributed by atoms with Gasteiger partial charge in [0.1, 0.15) is 5.75 Å². The van der Waals surface area contributed by atoms with Crippen LogP contribution in [-0.2, 0) is 14.3 Å². The standard InChI is InChI=1S/C19H26O5/c20-19(21)8-4-5-11-22-12-15-16(18-10-9-17(15)24-18)13-23-14-6-2-1-3-7-14/h1-3,6-7,15-18H,4-5,8-13H2,(H,20,21)/t15-,16+,17-,18+/m0/s1. The maximum atomic E-state index is 10.5. The van der Waals surface area contributed by atoms with Gasteiger partial charge >= 0.3 is 5.97 Å². The van der Waals surface area contributed by atoms with Crippen molar-refractivity contribution in [2.45, 2.75) is 44.3 Å². The average Bonchev–Trinajstić information content (AvgIpc) is 3.18. The smallest absolute Gasteiger partial charge is 0.303 e. The van der Waals surface area contributed by atoms with Gasteiger partial charge < -0.3 is 19.3 Å². The Morgan fingerprint density at radius 3 is 2.50 bits per heavy atom. The van der Waals surface area contributed by atoms with Crippen molar-refractivity contribution in [3.05, 3.63) is 30.3 Å². The molecule has 24 heavy (non-hydrogen) atoms. The lowest BCUT2D eigenvalue weighted by Gasteiger charge is -2.27. The van der Waals surface area contributed by atoms with Crippen molar-refractivity contribution in [3.63, 3.8) is 0 Å². The van der Waals surface area contributed by atoms with Crippen molar-refractivity contribution < 1.29 is 24.1 Å². The molecule has 2 aliphatic heterocycles. The Balaban J connectivity index is 1.42. The van der Waals surface area contributed by atoms with Gasteiger partial charge in [-0.2, -0.15) is 0 Å². The summed E-state index contributed by atoms with van der Waals surface area (Å²) < 4.78 is 17.8. The van der Waals surface area contributed by atoms with Crippen molar-refractivity contribution in [3.8, 4) is 5.75 Å². The maximum absolute atomic E-state index is 10.5. The molecule has 1 aromatic rings. The molecular weight excluding hydrogens is 308 g/mol. The molecule has 0 aliphatic carbocycles. The van der Waals surface area contributed by atoms with Crippen LogP contribution in [-0.4, -0.2) is 43.1 Å². The molecule has 0 radical (unpaired) electrons. The van der Waals surface area contributed by atoms with E-state index in [0.717, 1.165) is 25.0 Å². The summed E-state index contributed by atoms with van der Waals surface area (Å²) in [7, 11) is 0. The molecule has 2 aliphatic rings. The molecule has 0 spiro atoms. The number of carboxylic acid groups (broad SMARTS) is 1. The Hall–Kier alpha value is -1.59. The zero-order valence-electron chi connectivity index (χ0n) is 13.9. The maximum Gasteiger partial charge on any atom is 0.303 e. The number of hydrogen-bond donors (Lipinski definition) is 1. The van der Waals surface area contributed by atoms with Crippen molar-refractivity contribution in [1.82, 2.24) is 0 Å². The van der Waals surface area contributed by atoms with Gasteiger partial charge in [0.25, 0.3) is 0 Å². The molecule has 2 fully saturated rings. The predicted octanol–water partition coefficient (Wildman–Crippen LogP) is 3.13. The largest absolute Gasteiger partial charge is 0.493 e. The van der Waals surface area contributed by atoms with Crippen LogP contribution in [0.2, 0.25) is 0 Å². The van der Waals surface area contributed by atoms with E-state index in [1.807, 2.05) is 30.3 Å². The normalized spacial score (nSPS) is 28.2. The number of carboxylic acids is 1. The summed E-state index contributed by atoms with van der Waals surface area (Å²) >= 11 is 0. The van der Waals surface area contributed by atoms with Crippen LogP contribution in [0.25, 0.3) is 0 Å². The van der Waals surface area contributed by atoms with Gasteiger partial charge in [0.2, 0.25) is 0 Å². The van der Waals surface area contributed by atoms with E-state index in [-0.39, 0.29) is 6.42 Å². The van der Waals surface area contributed by atoms with Crippen molar-refractivity contribution in [1.29, 1.82) is 0 Å². The number of ether oxygens (including phenoxy) is 3. The molecule has 3 rings (SSSR count). The Bertz CT molecular complexity index is 518. The summed E-state index contributed by atoms with van der Waals surface area (Å²) in [6, 6.07) is 9.88. The molecular formula is C19H26O5. The number of rotatable bonds is 10. The lowest BCUT2D eigenvalue weighted by molar-refractivity contribution is -0.137. The van der Waals surface area contributed by atoms with Crippen LogP contribution < -0.4 is 4.74 Å². The third-order valence-corrected chi connectivity index (χ3v) is 5.02. The van der Waals surface area contributed by atoms with E-state index < -0.39 is 5.97 Å². The van der Waals surface area contributed by atoms with Crippen LogP contribution in [0, 0.1) is 11.8 Å². The number of fused-ring (bicyclic) bond motifs is 2. The summed E-state index contributed by atoms with van der Waals surface area (Å²) in [6.07, 6.45) is 4.48. The van der Waals surface area contributed by atoms with Crippen LogP contribution in [0.3, 0.4) is 0 Å². The molecule has 0 aromatic heterocycles. The molecule has 0 amide bonds. The molecule has 5 nitrogen and oxygen atoms in total. The van der Waals surface area contributed by atoms with Gasteiger partial charge in [-0.25, -0.2) is 0 Å². The van der Waals surface area contributed by atoms with Crippen LogP contribution in [0.1, 0.15) is 32.1 Å². The third kappa shape index (κ3) is 4.48.